The molecule has 1 heterocycles. The van der Waals surface area contributed by atoms with Gasteiger partial charge >= 0.3 is 5.97 Å². The predicted molar refractivity (Wildman–Crippen MR) is 68.9 cm³/mol. The second-order valence-corrected chi connectivity index (χ2v) is 6.49. The zero-order valence-corrected chi connectivity index (χ0v) is 11.2. The van der Waals surface area contributed by atoms with Crippen LogP contribution in [-0.4, -0.2) is 22.1 Å². The highest BCUT2D eigenvalue weighted by atomic mass is 32.1. The number of nitrogens with one attached hydrogen (secondary N) is 1. The number of thiazole rings is 1. The van der Waals surface area contributed by atoms with Crippen molar-refractivity contribution in [2.45, 2.75) is 46.1 Å². The molecule has 94 valence electrons. The number of aromatic carboxylic acids is 1. The standard InChI is InChI=1S/C12H18N2O2S/c1-7-9(10(15)16)17-11(13-7)14-8-4-5-12(2,3)6-8/h8H,4-6H2,1-3H3,(H,13,14)(H,15,16). The molecule has 0 radical (unpaired) electrons. The van der Waals surface area contributed by atoms with E-state index >= 15 is 0 Å². The first-order valence-corrected chi connectivity index (χ1v) is 6.66. The summed E-state index contributed by atoms with van der Waals surface area (Å²) in [6.07, 6.45) is 3.46. The van der Waals surface area contributed by atoms with E-state index in [1.54, 1.807) is 6.92 Å². The topological polar surface area (TPSA) is 62.2 Å². The summed E-state index contributed by atoms with van der Waals surface area (Å²) in [5, 5.41) is 13.1. The number of carboxylic acids is 1. The Morgan fingerprint density at radius 2 is 2.29 bits per heavy atom. The third-order valence-corrected chi connectivity index (χ3v) is 4.36. The molecule has 4 nitrogen and oxygen atoms in total. The second-order valence-electron chi connectivity index (χ2n) is 5.49. The summed E-state index contributed by atoms with van der Waals surface area (Å²) in [4.78, 5) is 15.5. The van der Waals surface area contributed by atoms with Crippen LogP contribution in [0.25, 0.3) is 0 Å². The van der Waals surface area contributed by atoms with Crippen LogP contribution in [0.1, 0.15) is 48.5 Å². The molecule has 1 aliphatic rings. The summed E-state index contributed by atoms with van der Waals surface area (Å²) in [5.74, 6) is -0.889. The van der Waals surface area contributed by atoms with Gasteiger partial charge in [-0.15, -0.1) is 0 Å². The highest BCUT2D eigenvalue weighted by Crippen LogP contribution is 2.38. The largest absolute Gasteiger partial charge is 0.477 e. The Morgan fingerprint density at radius 1 is 1.59 bits per heavy atom. The molecule has 0 amide bonds. The maximum Gasteiger partial charge on any atom is 0.347 e. The molecule has 2 N–H and O–H groups in total. The van der Waals surface area contributed by atoms with Crippen LogP contribution in [0.4, 0.5) is 5.13 Å². The predicted octanol–water partition coefficient (Wildman–Crippen LogP) is 3.14. The zero-order valence-electron chi connectivity index (χ0n) is 10.4. The van der Waals surface area contributed by atoms with Gasteiger partial charge in [0.25, 0.3) is 0 Å². The summed E-state index contributed by atoms with van der Waals surface area (Å²) in [6, 6.07) is 0.428. The number of aryl methyl sites for hydroxylation is 1. The smallest absolute Gasteiger partial charge is 0.347 e. The van der Waals surface area contributed by atoms with Crippen LogP contribution in [0.2, 0.25) is 0 Å². The van der Waals surface area contributed by atoms with Crippen LogP contribution >= 0.6 is 11.3 Å². The Morgan fingerprint density at radius 3 is 2.76 bits per heavy atom. The number of rotatable bonds is 3. The van der Waals surface area contributed by atoms with Gasteiger partial charge in [0.2, 0.25) is 0 Å². The van der Waals surface area contributed by atoms with E-state index in [-0.39, 0.29) is 0 Å². The van der Waals surface area contributed by atoms with Crippen molar-refractivity contribution in [3.05, 3.63) is 10.6 Å². The first-order chi connectivity index (χ1) is 7.87. The Kier molecular flexibility index (Phi) is 3.12. The summed E-state index contributed by atoms with van der Waals surface area (Å²) in [7, 11) is 0. The molecular weight excluding hydrogens is 236 g/mol. The van der Waals surface area contributed by atoms with Crippen molar-refractivity contribution in [1.29, 1.82) is 0 Å². The quantitative estimate of drug-likeness (QED) is 0.870. The molecule has 1 unspecified atom stereocenters. The molecule has 1 aromatic heterocycles. The van der Waals surface area contributed by atoms with E-state index in [0.717, 1.165) is 18.0 Å². The van der Waals surface area contributed by atoms with Crippen LogP contribution in [0, 0.1) is 12.3 Å². The molecule has 1 saturated carbocycles. The Bertz CT molecular complexity index is 440. The van der Waals surface area contributed by atoms with Crippen molar-refractivity contribution in [3.63, 3.8) is 0 Å². The van der Waals surface area contributed by atoms with Crippen molar-refractivity contribution in [2.24, 2.45) is 5.41 Å². The lowest BCUT2D eigenvalue weighted by Crippen LogP contribution is -2.17. The number of hydrogen-bond acceptors (Lipinski definition) is 4. The molecule has 0 bridgehead atoms. The zero-order chi connectivity index (χ0) is 12.6. The van der Waals surface area contributed by atoms with Gasteiger partial charge < -0.3 is 10.4 Å². The fourth-order valence-electron chi connectivity index (χ4n) is 2.39. The third-order valence-electron chi connectivity index (χ3n) is 3.29. The molecule has 1 fully saturated rings. The lowest BCUT2D eigenvalue weighted by molar-refractivity contribution is 0.0701. The highest BCUT2D eigenvalue weighted by molar-refractivity contribution is 7.17. The highest BCUT2D eigenvalue weighted by Gasteiger charge is 2.31. The molecule has 0 aromatic carbocycles. The van der Waals surface area contributed by atoms with Gasteiger partial charge in [-0.1, -0.05) is 25.2 Å². The van der Waals surface area contributed by atoms with Crippen molar-refractivity contribution >= 4 is 22.4 Å². The van der Waals surface area contributed by atoms with Crippen LogP contribution in [0.3, 0.4) is 0 Å². The van der Waals surface area contributed by atoms with Gasteiger partial charge in [-0.2, -0.15) is 0 Å². The lowest BCUT2D eigenvalue weighted by atomic mass is 9.92. The minimum absolute atomic E-state index is 0.338. The Hall–Kier alpha value is -1.10. The van der Waals surface area contributed by atoms with Crippen molar-refractivity contribution in [2.75, 3.05) is 5.32 Å². The SMILES string of the molecule is Cc1nc(NC2CCC(C)(C)C2)sc1C(=O)O. The maximum atomic E-state index is 10.9. The maximum absolute atomic E-state index is 10.9. The van der Waals surface area contributed by atoms with Gasteiger partial charge in [0.15, 0.2) is 5.13 Å². The van der Waals surface area contributed by atoms with E-state index in [2.05, 4.69) is 24.1 Å². The van der Waals surface area contributed by atoms with Crippen molar-refractivity contribution < 1.29 is 9.90 Å². The Balaban J connectivity index is 2.05. The molecule has 5 heteroatoms. The van der Waals surface area contributed by atoms with Crippen LogP contribution in [-0.2, 0) is 0 Å². The van der Waals surface area contributed by atoms with E-state index in [9.17, 15) is 4.79 Å². The number of aromatic nitrogens is 1. The number of carboxylic acid groups (broad SMARTS) is 1. The number of anilines is 1. The van der Waals surface area contributed by atoms with Gasteiger partial charge in [0, 0.05) is 6.04 Å². The third kappa shape index (κ3) is 2.77. The molecule has 0 aliphatic heterocycles. The molecule has 2 rings (SSSR count). The first kappa shape index (κ1) is 12.4. The molecule has 1 aliphatic carbocycles. The van der Waals surface area contributed by atoms with E-state index in [1.807, 2.05) is 0 Å². The van der Waals surface area contributed by atoms with Crippen molar-refractivity contribution in [3.8, 4) is 0 Å². The van der Waals surface area contributed by atoms with Gasteiger partial charge in [-0.25, -0.2) is 9.78 Å². The summed E-state index contributed by atoms with van der Waals surface area (Å²) in [6.45, 7) is 6.28. The monoisotopic (exact) mass is 254 g/mol. The molecular formula is C12H18N2O2S. The average Bonchev–Trinajstić information content (AvgIpc) is 2.70. The summed E-state index contributed by atoms with van der Waals surface area (Å²) < 4.78 is 0. The van der Waals surface area contributed by atoms with E-state index < -0.39 is 5.97 Å². The van der Waals surface area contributed by atoms with Crippen LogP contribution in [0.15, 0.2) is 0 Å². The number of carbonyl (C=O) groups is 1. The van der Waals surface area contributed by atoms with E-state index in [4.69, 9.17) is 5.11 Å². The van der Waals surface area contributed by atoms with E-state index in [1.165, 1.54) is 17.8 Å². The summed E-state index contributed by atoms with van der Waals surface area (Å²) >= 11 is 1.23. The van der Waals surface area contributed by atoms with Gasteiger partial charge in [-0.3, -0.25) is 0 Å². The van der Waals surface area contributed by atoms with Gasteiger partial charge in [0.1, 0.15) is 4.88 Å². The fourth-order valence-corrected chi connectivity index (χ4v) is 3.27. The average molecular weight is 254 g/mol. The lowest BCUT2D eigenvalue weighted by Gasteiger charge is -2.17. The Labute approximate surface area is 105 Å². The molecule has 17 heavy (non-hydrogen) atoms. The molecule has 0 saturated heterocycles. The van der Waals surface area contributed by atoms with Gasteiger partial charge in [-0.05, 0) is 31.6 Å². The minimum atomic E-state index is -0.889. The van der Waals surface area contributed by atoms with E-state index in [0.29, 0.717) is 22.0 Å². The van der Waals surface area contributed by atoms with Crippen LogP contribution < -0.4 is 5.32 Å². The minimum Gasteiger partial charge on any atom is -0.477 e. The van der Waals surface area contributed by atoms with Crippen molar-refractivity contribution in [1.82, 2.24) is 4.98 Å². The first-order valence-electron chi connectivity index (χ1n) is 5.85. The summed E-state index contributed by atoms with van der Waals surface area (Å²) in [5.41, 5.74) is 0.988. The fraction of sp³-hybridized carbons (Fsp3) is 0.667. The number of hydrogen-bond donors (Lipinski definition) is 2. The molecule has 1 atom stereocenters. The second kappa shape index (κ2) is 4.29. The molecule has 0 spiro atoms. The number of nitrogens with zero attached hydrogens (tertiary/aromatic N) is 1. The van der Waals surface area contributed by atoms with Gasteiger partial charge in [0.05, 0.1) is 5.69 Å². The normalized spacial score (nSPS) is 22.6. The molecule has 1 aromatic rings. The van der Waals surface area contributed by atoms with Crippen LogP contribution in [0.5, 0.6) is 0 Å².